The third-order valence-electron chi connectivity index (χ3n) is 3.92. The van der Waals surface area contributed by atoms with E-state index in [2.05, 4.69) is 22.6 Å². The van der Waals surface area contributed by atoms with Crippen molar-refractivity contribution < 1.29 is 4.74 Å². The van der Waals surface area contributed by atoms with E-state index in [1.165, 1.54) is 10.9 Å². The van der Waals surface area contributed by atoms with Crippen LogP contribution in [-0.4, -0.2) is 25.2 Å². The van der Waals surface area contributed by atoms with E-state index < -0.39 is 0 Å². The molecule has 2 heterocycles. The minimum atomic E-state index is 0.357. The summed E-state index contributed by atoms with van der Waals surface area (Å²) in [5.41, 5.74) is 8.23. The Bertz CT molecular complexity index is 549. The number of ether oxygens (including phenoxy) is 1. The monoisotopic (exact) mass is 245 g/mol. The van der Waals surface area contributed by atoms with E-state index in [1.54, 1.807) is 7.11 Å². The number of aromatic amines is 1. The molecule has 1 fully saturated rings. The lowest BCUT2D eigenvalue weighted by atomic mass is 9.94. The molecule has 1 saturated heterocycles. The van der Waals surface area contributed by atoms with E-state index in [4.69, 9.17) is 10.5 Å². The number of benzene rings is 1. The molecule has 2 unspecified atom stereocenters. The predicted octanol–water partition coefficient (Wildman–Crippen LogP) is 1.79. The molecule has 4 N–H and O–H groups in total. The zero-order valence-corrected chi connectivity index (χ0v) is 10.6. The summed E-state index contributed by atoms with van der Waals surface area (Å²) in [5, 5.41) is 4.78. The van der Waals surface area contributed by atoms with Gasteiger partial charge in [0.25, 0.3) is 0 Å². The second-order valence-electron chi connectivity index (χ2n) is 4.84. The van der Waals surface area contributed by atoms with Crippen molar-refractivity contribution in [3.05, 3.63) is 30.0 Å². The molecule has 2 atom stereocenters. The molecule has 0 spiro atoms. The lowest BCUT2D eigenvalue weighted by Gasteiger charge is -2.17. The van der Waals surface area contributed by atoms with Gasteiger partial charge in [0.2, 0.25) is 0 Å². The molecular formula is C14H19N3O. The first-order valence-electron chi connectivity index (χ1n) is 6.42. The summed E-state index contributed by atoms with van der Waals surface area (Å²) in [7, 11) is 1.70. The van der Waals surface area contributed by atoms with E-state index in [9.17, 15) is 0 Å². The molecule has 18 heavy (non-hydrogen) atoms. The van der Waals surface area contributed by atoms with Gasteiger partial charge in [-0.2, -0.15) is 0 Å². The highest BCUT2D eigenvalue weighted by atomic mass is 16.5. The largest absolute Gasteiger partial charge is 0.495 e. The van der Waals surface area contributed by atoms with Gasteiger partial charge in [-0.15, -0.1) is 0 Å². The lowest BCUT2D eigenvalue weighted by molar-refractivity contribution is 0.419. The maximum Gasteiger partial charge on any atom is 0.142 e. The first kappa shape index (κ1) is 11.6. The van der Waals surface area contributed by atoms with Gasteiger partial charge < -0.3 is 20.8 Å². The minimum Gasteiger partial charge on any atom is -0.495 e. The lowest BCUT2D eigenvalue weighted by Crippen LogP contribution is -2.22. The van der Waals surface area contributed by atoms with Crippen LogP contribution < -0.4 is 15.8 Å². The molecule has 1 aromatic heterocycles. The van der Waals surface area contributed by atoms with Gasteiger partial charge in [-0.3, -0.25) is 0 Å². The number of fused-ring (bicyclic) bond motifs is 1. The Morgan fingerprint density at radius 1 is 1.44 bits per heavy atom. The van der Waals surface area contributed by atoms with E-state index >= 15 is 0 Å². The molecule has 2 aromatic rings. The maximum atomic E-state index is 5.86. The van der Waals surface area contributed by atoms with Gasteiger partial charge in [0.1, 0.15) is 5.75 Å². The number of nitrogens with two attached hydrogens (primary N) is 1. The summed E-state index contributed by atoms with van der Waals surface area (Å²) in [6.45, 7) is 1.78. The molecule has 0 amide bonds. The predicted molar refractivity (Wildman–Crippen MR) is 72.8 cm³/mol. The third kappa shape index (κ3) is 1.69. The van der Waals surface area contributed by atoms with E-state index in [1.807, 2.05) is 12.1 Å². The van der Waals surface area contributed by atoms with Crippen molar-refractivity contribution in [1.29, 1.82) is 0 Å². The van der Waals surface area contributed by atoms with Gasteiger partial charge in [0.05, 0.1) is 12.6 Å². The smallest absolute Gasteiger partial charge is 0.142 e. The summed E-state index contributed by atoms with van der Waals surface area (Å²) in [4.78, 5) is 3.32. The average molecular weight is 245 g/mol. The first-order chi connectivity index (χ1) is 8.85. The van der Waals surface area contributed by atoms with Crippen LogP contribution in [0.15, 0.2) is 24.4 Å². The summed E-state index contributed by atoms with van der Waals surface area (Å²) < 4.78 is 5.38. The van der Waals surface area contributed by atoms with Crippen LogP contribution in [0.25, 0.3) is 10.9 Å². The molecule has 4 nitrogen and oxygen atoms in total. The highest BCUT2D eigenvalue weighted by Crippen LogP contribution is 2.35. The fourth-order valence-corrected chi connectivity index (χ4v) is 2.95. The van der Waals surface area contributed by atoms with Gasteiger partial charge in [-0.1, -0.05) is 12.1 Å². The van der Waals surface area contributed by atoms with Crippen molar-refractivity contribution >= 4 is 10.9 Å². The van der Waals surface area contributed by atoms with E-state index in [0.29, 0.717) is 12.0 Å². The Labute approximate surface area is 107 Å². The van der Waals surface area contributed by atoms with E-state index in [0.717, 1.165) is 30.8 Å². The number of para-hydroxylation sites is 1. The Morgan fingerprint density at radius 3 is 3.11 bits per heavy atom. The standard InChI is InChI=1S/C14H19N3O/c1-18-12-4-2-3-10-11(8-17-14(10)12)13-9(7-15)5-6-16-13/h2-4,8-9,13,16-17H,5-7,15H2,1H3. The van der Waals surface area contributed by atoms with Crippen LogP contribution in [0, 0.1) is 5.92 Å². The Hall–Kier alpha value is -1.52. The van der Waals surface area contributed by atoms with Gasteiger partial charge in [-0.25, -0.2) is 0 Å². The van der Waals surface area contributed by atoms with Gasteiger partial charge in [-0.05, 0) is 37.1 Å². The fraction of sp³-hybridized carbons (Fsp3) is 0.429. The molecule has 1 aromatic carbocycles. The number of hydrogen-bond donors (Lipinski definition) is 3. The molecule has 3 rings (SSSR count). The zero-order valence-electron chi connectivity index (χ0n) is 10.6. The average Bonchev–Trinajstić information content (AvgIpc) is 3.03. The molecule has 0 saturated carbocycles. The zero-order chi connectivity index (χ0) is 12.5. The fourth-order valence-electron chi connectivity index (χ4n) is 2.95. The van der Waals surface area contributed by atoms with Gasteiger partial charge in [0.15, 0.2) is 0 Å². The molecule has 1 aliphatic heterocycles. The minimum absolute atomic E-state index is 0.357. The normalized spacial score (nSPS) is 23.7. The van der Waals surface area contributed by atoms with Crippen LogP contribution in [-0.2, 0) is 0 Å². The van der Waals surface area contributed by atoms with Crippen molar-refractivity contribution in [2.45, 2.75) is 12.5 Å². The van der Waals surface area contributed by atoms with Crippen LogP contribution in [0.1, 0.15) is 18.0 Å². The molecule has 96 valence electrons. The summed E-state index contributed by atoms with van der Waals surface area (Å²) >= 11 is 0. The van der Waals surface area contributed by atoms with Crippen LogP contribution in [0.5, 0.6) is 5.75 Å². The van der Waals surface area contributed by atoms with Crippen molar-refractivity contribution in [2.75, 3.05) is 20.2 Å². The topological polar surface area (TPSA) is 63.1 Å². The van der Waals surface area contributed by atoms with Crippen molar-refractivity contribution in [3.63, 3.8) is 0 Å². The van der Waals surface area contributed by atoms with Gasteiger partial charge >= 0.3 is 0 Å². The van der Waals surface area contributed by atoms with E-state index in [-0.39, 0.29) is 0 Å². The molecule has 1 aliphatic rings. The number of nitrogens with one attached hydrogen (secondary N) is 2. The van der Waals surface area contributed by atoms with Crippen molar-refractivity contribution in [3.8, 4) is 5.75 Å². The molecular weight excluding hydrogens is 226 g/mol. The molecule has 4 heteroatoms. The maximum absolute atomic E-state index is 5.86. The summed E-state index contributed by atoms with van der Waals surface area (Å²) in [6.07, 6.45) is 3.23. The Kier molecular flexibility index (Phi) is 2.97. The number of hydrogen-bond acceptors (Lipinski definition) is 3. The number of H-pyrrole nitrogens is 1. The number of methoxy groups -OCH3 is 1. The van der Waals surface area contributed by atoms with Crippen molar-refractivity contribution in [1.82, 2.24) is 10.3 Å². The first-order valence-corrected chi connectivity index (χ1v) is 6.42. The molecule has 0 aliphatic carbocycles. The second kappa shape index (κ2) is 4.63. The van der Waals surface area contributed by atoms with Gasteiger partial charge in [0, 0.05) is 17.6 Å². The second-order valence-corrected chi connectivity index (χ2v) is 4.84. The molecule has 0 bridgehead atoms. The Morgan fingerprint density at radius 2 is 2.33 bits per heavy atom. The third-order valence-corrected chi connectivity index (χ3v) is 3.92. The summed E-state index contributed by atoms with van der Waals surface area (Å²) in [6, 6.07) is 6.50. The van der Waals surface area contributed by atoms with Crippen LogP contribution in [0.2, 0.25) is 0 Å². The highest BCUT2D eigenvalue weighted by molar-refractivity contribution is 5.88. The highest BCUT2D eigenvalue weighted by Gasteiger charge is 2.29. The Balaban J connectivity index is 2.07. The van der Waals surface area contributed by atoms with Crippen LogP contribution in [0.4, 0.5) is 0 Å². The number of aromatic nitrogens is 1. The molecule has 0 radical (unpaired) electrons. The SMILES string of the molecule is COc1cccc2c(C3NCCC3CN)c[nH]c12. The summed E-state index contributed by atoms with van der Waals surface area (Å²) in [5.74, 6) is 1.41. The van der Waals surface area contributed by atoms with Crippen molar-refractivity contribution in [2.24, 2.45) is 11.7 Å². The van der Waals surface area contributed by atoms with Crippen LogP contribution in [0.3, 0.4) is 0 Å². The number of rotatable bonds is 3. The quantitative estimate of drug-likeness (QED) is 0.772. The van der Waals surface area contributed by atoms with Crippen LogP contribution >= 0.6 is 0 Å².